The molecule has 0 saturated carbocycles. The third kappa shape index (κ3) is 3.48. The third-order valence-corrected chi connectivity index (χ3v) is 3.25. The fourth-order valence-corrected chi connectivity index (χ4v) is 2.08. The minimum atomic E-state index is 0.326. The van der Waals surface area contributed by atoms with Crippen LogP contribution in [0.25, 0.3) is 0 Å². The summed E-state index contributed by atoms with van der Waals surface area (Å²) in [5.41, 5.74) is 6.47. The summed E-state index contributed by atoms with van der Waals surface area (Å²) in [5.74, 6) is 1.72. The third-order valence-electron chi connectivity index (χ3n) is 3.25. The average molecular weight is 252 g/mol. The van der Waals surface area contributed by atoms with Crippen molar-refractivity contribution in [2.75, 3.05) is 17.7 Å². The van der Waals surface area contributed by atoms with Crippen molar-refractivity contribution in [1.29, 1.82) is 0 Å². The van der Waals surface area contributed by atoms with Crippen LogP contribution in [-0.4, -0.2) is 22.6 Å². The summed E-state index contributed by atoms with van der Waals surface area (Å²) in [5, 5.41) is 3.35. The molecule has 0 aromatic carbocycles. The zero-order valence-electron chi connectivity index (χ0n) is 11.7. The van der Waals surface area contributed by atoms with Gasteiger partial charge in [0.05, 0.1) is 6.61 Å². The van der Waals surface area contributed by atoms with Gasteiger partial charge in [-0.1, -0.05) is 26.7 Å². The largest absolute Gasteiger partial charge is 0.476 e. The molecule has 0 fully saturated rings. The van der Waals surface area contributed by atoms with Crippen molar-refractivity contribution in [3.05, 3.63) is 6.33 Å². The molecular formula is C13H24N4O. The van der Waals surface area contributed by atoms with Crippen molar-refractivity contribution in [3.8, 4) is 5.88 Å². The fourth-order valence-electron chi connectivity index (χ4n) is 2.08. The SMILES string of the molecule is CCOc1ncnc(NC(C)C(CC)CC)c1N. The van der Waals surface area contributed by atoms with Crippen molar-refractivity contribution in [2.24, 2.45) is 5.92 Å². The lowest BCUT2D eigenvalue weighted by molar-refractivity contribution is 0.328. The predicted molar refractivity (Wildman–Crippen MR) is 74.8 cm³/mol. The van der Waals surface area contributed by atoms with Crippen LogP contribution in [-0.2, 0) is 0 Å². The van der Waals surface area contributed by atoms with Gasteiger partial charge >= 0.3 is 0 Å². The average Bonchev–Trinajstić information content (AvgIpc) is 2.36. The van der Waals surface area contributed by atoms with E-state index in [0.717, 1.165) is 12.8 Å². The molecule has 1 atom stereocenters. The number of nitrogens with one attached hydrogen (secondary N) is 1. The van der Waals surface area contributed by atoms with Crippen LogP contribution in [0.15, 0.2) is 6.33 Å². The Morgan fingerprint density at radius 2 is 1.94 bits per heavy atom. The number of aromatic nitrogens is 2. The van der Waals surface area contributed by atoms with Crippen LogP contribution in [0.1, 0.15) is 40.5 Å². The van der Waals surface area contributed by atoms with E-state index in [0.29, 0.717) is 36.0 Å². The van der Waals surface area contributed by atoms with Crippen molar-refractivity contribution in [2.45, 2.75) is 46.6 Å². The molecule has 0 amide bonds. The first kappa shape index (κ1) is 14.5. The molecule has 18 heavy (non-hydrogen) atoms. The molecule has 0 radical (unpaired) electrons. The molecule has 5 heteroatoms. The highest BCUT2D eigenvalue weighted by Crippen LogP contribution is 2.26. The molecule has 0 saturated heterocycles. The number of nitrogens with two attached hydrogens (primary N) is 1. The molecule has 1 heterocycles. The Morgan fingerprint density at radius 3 is 2.50 bits per heavy atom. The molecule has 1 unspecified atom stereocenters. The Balaban J connectivity index is 2.81. The van der Waals surface area contributed by atoms with E-state index in [1.165, 1.54) is 6.33 Å². The monoisotopic (exact) mass is 252 g/mol. The van der Waals surface area contributed by atoms with E-state index in [4.69, 9.17) is 10.5 Å². The molecule has 0 aliphatic rings. The van der Waals surface area contributed by atoms with Crippen LogP contribution in [0.5, 0.6) is 5.88 Å². The molecule has 1 rings (SSSR count). The molecule has 1 aromatic heterocycles. The Kier molecular flexibility index (Phi) is 5.68. The predicted octanol–water partition coefficient (Wildman–Crippen LogP) is 2.69. The van der Waals surface area contributed by atoms with Crippen LogP contribution in [0.4, 0.5) is 11.5 Å². The lowest BCUT2D eigenvalue weighted by Gasteiger charge is -2.23. The maximum Gasteiger partial charge on any atom is 0.242 e. The highest BCUT2D eigenvalue weighted by Gasteiger charge is 2.16. The van der Waals surface area contributed by atoms with E-state index in [-0.39, 0.29) is 0 Å². The number of anilines is 2. The number of nitrogen functional groups attached to an aromatic ring is 1. The van der Waals surface area contributed by atoms with E-state index < -0.39 is 0 Å². The molecule has 1 aromatic rings. The summed E-state index contributed by atoms with van der Waals surface area (Å²) in [4.78, 5) is 8.21. The maximum absolute atomic E-state index is 5.99. The van der Waals surface area contributed by atoms with Crippen molar-refractivity contribution >= 4 is 11.5 Å². The molecule has 102 valence electrons. The first-order valence-corrected chi connectivity index (χ1v) is 6.63. The topological polar surface area (TPSA) is 73.1 Å². The van der Waals surface area contributed by atoms with Gasteiger partial charge in [-0.05, 0) is 19.8 Å². The number of hydrogen-bond acceptors (Lipinski definition) is 5. The molecule has 0 spiro atoms. The van der Waals surface area contributed by atoms with Gasteiger partial charge in [0.15, 0.2) is 5.82 Å². The first-order valence-electron chi connectivity index (χ1n) is 6.63. The van der Waals surface area contributed by atoms with Crippen LogP contribution in [0.2, 0.25) is 0 Å². The Labute approximate surface area is 109 Å². The lowest BCUT2D eigenvalue weighted by Crippen LogP contribution is -2.26. The fraction of sp³-hybridized carbons (Fsp3) is 0.692. The van der Waals surface area contributed by atoms with Crippen molar-refractivity contribution in [3.63, 3.8) is 0 Å². The molecule has 0 aliphatic carbocycles. The van der Waals surface area contributed by atoms with Gasteiger partial charge < -0.3 is 15.8 Å². The second-order valence-corrected chi connectivity index (χ2v) is 4.38. The second kappa shape index (κ2) is 7.03. The highest BCUT2D eigenvalue weighted by atomic mass is 16.5. The highest BCUT2D eigenvalue weighted by molar-refractivity contribution is 5.66. The van der Waals surface area contributed by atoms with Crippen molar-refractivity contribution < 1.29 is 4.74 Å². The van der Waals surface area contributed by atoms with Gasteiger partial charge in [-0.3, -0.25) is 0 Å². The number of nitrogens with zero attached hydrogens (tertiary/aromatic N) is 2. The standard InChI is InChI=1S/C13H24N4O/c1-5-10(6-2)9(4)17-12-11(14)13(18-7-3)16-8-15-12/h8-10H,5-7,14H2,1-4H3,(H,15,16,17). The summed E-state index contributed by atoms with van der Waals surface area (Å²) >= 11 is 0. The van der Waals surface area contributed by atoms with E-state index in [1.54, 1.807) is 0 Å². The van der Waals surface area contributed by atoms with Gasteiger partial charge in [-0.15, -0.1) is 0 Å². The normalized spacial score (nSPS) is 12.5. The Bertz CT molecular complexity index is 366. The zero-order chi connectivity index (χ0) is 13.5. The first-order chi connectivity index (χ1) is 8.63. The van der Waals surface area contributed by atoms with Gasteiger partial charge in [0.25, 0.3) is 0 Å². The van der Waals surface area contributed by atoms with Gasteiger partial charge in [-0.25, -0.2) is 4.98 Å². The zero-order valence-corrected chi connectivity index (χ0v) is 11.7. The van der Waals surface area contributed by atoms with E-state index in [2.05, 4.69) is 36.1 Å². The van der Waals surface area contributed by atoms with E-state index in [1.807, 2.05) is 6.92 Å². The van der Waals surface area contributed by atoms with Crippen molar-refractivity contribution in [1.82, 2.24) is 9.97 Å². The summed E-state index contributed by atoms with van der Waals surface area (Å²) in [7, 11) is 0. The smallest absolute Gasteiger partial charge is 0.242 e. The van der Waals surface area contributed by atoms with E-state index >= 15 is 0 Å². The Hall–Kier alpha value is -1.52. The van der Waals surface area contributed by atoms with Gasteiger partial charge in [0, 0.05) is 6.04 Å². The molecule has 3 N–H and O–H groups in total. The quantitative estimate of drug-likeness (QED) is 0.780. The Morgan fingerprint density at radius 1 is 1.28 bits per heavy atom. The van der Waals surface area contributed by atoms with Crippen LogP contribution in [0, 0.1) is 5.92 Å². The van der Waals surface area contributed by atoms with Gasteiger partial charge in [0.2, 0.25) is 5.88 Å². The van der Waals surface area contributed by atoms with Crippen LogP contribution >= 0.6 is 0 Å². The number of hydrogen-bond donors (Lipinski definition) is 2. The van der Waals surface area contributed by atoms with E-state index in [9.17, 15) is 0 Å². The summed E-state index contributed by atoms with van der Waals surface area (Å²) in [6.07, 6.45) is 3.74. The van der Waals surface area contributed by atoms with Gasteiger partial charge in [0.1, 0.15) is 12.0 Å². The summed E-state index contributed by atoms with van der Waals surface area (Å²) in [6.45, 7) is 8.99. The molecular weight excluding hydrogens is 228 g/mol. The lowest BCUT2D eigenvalue weighted by atomic mass is 9.95. The summed E-state index contributed by atoms with van der Waals surface area (Å²) < 4.78 is 5.36. The van der Waals surface area contributed by atoms with Crippen LogP contribution < -0.4 is 15.8 Å². The number of ether oxygens (including phenoxy) is 1. The molecule has 5 nitrogen and oxygen atoms in total. The van der Waals surface area contributed by atoms with Gasteiger partial charge in [-0.2, -0.15) is 4.98 Å². The minimum Gasteiger partial charge on any atom is -0.476 e. The molecule has 0 aliphatic heterocycles. The summed E-state index contributed by atoms with van der Waals surface area (Å²) in [6, 6.07) is 0.326. The second-order valence-electron chi connectivity index (χ2n) is 4.38. The van der Waals surface area contributed by atoms with Crippen LogP contribution in [0.3, 0.4) is 0 Å². The minimum absolute atomic E-state index is 0.326. The molecule has 0 bridgehead atoms. The number of rotatable bonds is 7. The maximum atomic E-state index is 5.99.